The standard InChI is InChI=1S/C18H14F3NO2/c19-14-9-16(21)15(20)7-12(14)6-13-8-18(23)24-10-17(22-13)11-4-2-1-3-5-11/h1-5,7-9,17,22H,6,10H2. The Morgan fingerprint density at radius 2 is 1.75 bits per heavy atom. The second kappa shape index (κ2) is 6.78. The fraction of sp³-hybridized carbons (Fsp3) is 0.167. The Morgan fingerprint density at radius 3 is 2.50 bits per heavy atom. The molecule has 1 N–H and O–H groups in total. The highest BCUT2D eigenvalue weighted by molar-refractivity contribution is 5.83. The van der Waals surface area contributed by atoms with Crippen molar-refractivity contribution in [3.63, 3.8) is 0 Å². The third-order valence-corrected chi connectivity index (χ3v) is 3.72. The third-order valence-electron chi connectivity index (χ3n) is 3.72. The summed E-state index contributed by atoms with van der Waals surface area (Å²) in [5, 5.41) is 3.10. The van der Waals surface area contributed by atoms with Crippen LogP contribution >= 0.6 is 0 Å². The maximum Gasteiger partial charge on any atom is 0.332 e. The number of nitrogens with one attached hydrogen (secondary N) is 1. The molecule has 0 bridgehead atoms. The molecule has 3 nitrogen and oxygen atoms in total. The van der Waals surface area contributed by atoms with E-state index in [1.807, 2.05) is 30.3 Å². The lowest BCUT2D eigenvalue weighted by Crippen LogP contribution is -2.24. The summed E-state index contributed by atoms with van der Waals surface area (Å²) in [5.74, 6) is -3.83. The van der Waals surface area contributed by atoms with Gasteiger partial charge >= 0.3 is 5.97 Å². The molecule has 124 valence electrons. The van der Waals surface area contributed by atoms with Gasteiger partial charge in [-0.3, -0.25) is 0 Å². The molecule has 1 unspecified atom stereocenters. The Labute approximate surface area is 136 Å². The number of carbonyl (C=O) groups is 1. The highest BCUT2D eigenvalue weighted by Gasteiger charge is 2.20. The van der Waals surface area contributed by atoms with Gasteiger partial charge in [0, 0.05) is 24.3 Å². The fourth-order valence-corrected chi connectivity index (χ4v) is 2.53. The summed E-state index contributed by atoms with van der Waals surface area (Å²) < 4.78 is 45.3. The molecule has 24 heavy (non-hydrogen) atoms. The van der Waals surface area contributed by atoms with Gasteiger partial charge < -0.3 is 10.1 Å². The largest absolute Gasteiger partial charge is 0.460 e. The zero-order valence-corrected chi connectivity index (χ0v) is 12.6. The minimum absolute atomic E-state index is 0.0471. The van der Waals surface area contributed by atoms with Gasteiger partial charge in [0.2, 0.25) is 0 Å². The Balaban J connectivity index is 1.85. The van der Waals surface area contributed by atoms with Crippen molar-refractivity contribution in [3.05, 3.63) is 82.8 Å². The van der Waals surface area contributed by atoms with Crippen molar-refractivity contribution in [2.45, 2.75) is 12.5 Å². The summed E-state index contributed by atoms with van der Waals surface area (Å²) in [4.78, 5) is 11.7. The van der Waals surface area contributed by atoms with Crippen molar-refractivity contribution in [1.29, 1.82) is 0 Å². The van der Waals surface area contributed by atoms with E-state index in [-0.39, 0.29) is 24.6 Å². The Bertz CT molecular complexity index is 790. The van der Waals surface area contributed by atoms with E-state index in [1.54, 1.807) is 0 Å². The van der Waals surface area contributed by atoms with Crippen LogP contribution in [0.4, 0.5) is 13.2 Å². The Morgan fingerprint density at radius 1 is 1.04 bits per heavy atom. The molecule has 1 heterocycles. The van der Waals surface area contributed by atoms with E-state index in [4.69, 9.17) is 4.74 Å². The first-order valence-electron chi connectivity index (χ1n) is 7.35. The van der Waals surface area contributed by atoms with Gasteiger partial charge in [-0.15, -0.1) is 0 Å². The maximum atomic E-state index is 13.8. The average Bonchev–Trinajstić information content (AvgIpc) is 2.75. The molecule has 0 aromatic heterocycles. The van der Waals surface area contributed by atoms with Gasteiger partial charge in [-0.25, -0.2) is 18.0 Å². The first-order chi connectivity index (χ1) is 11.5. The van der Waals surface area contributed by atoms with Crippen molar-refractivity contribution >= 4 is 5.97 Å². The minimum atomic E-state index is -1.25. The van der Waals surface area contributed by atoms with Crippen LogP contribution < -0.4 is 5.32 Å². The van der Waals surface area contributed by atoms with Gasteiger partial charge in [-0.2, -0.15) is 0 Å². The van der Waals surface area contributed by atoms with E-state index in [0.717, 1.165) is 11.6 Å². The van der Waals surface area contributed by atoms with Crippen molar-refractivity contribution in [2.24, 2.45) is 0 Å². The molecule has 3 rings (SSSR count). The first-order valence-corrected chi connectivity index (χ1v) is 7.35. The molecule has 0 amide bonds. The number of hydrogen-bond donors (Lipinski definition) is 1. The number of halogens is 3. The predicted octanol–water partition coefficient (Wildman–Crippen LogP) is 3.42. The molecule has 0 fully saturated rings. The van der Waals surface area contributed by atoms with Crippen molar-refractivity contribution < 1.29 is 22.7 Å². The number of hydrogen-bond acceptors (Lipinski definition) is 3. The van der Waals surface area contributed by atoms with Gasteiger partial charge in [0.25, 0.3) is 0 Å². The lowest BCUT2D eigenvalue weighted by Gasteiger charge is -2.19. The monoisotopic (exact) mass is 333 g/mol. The number of ether oxygens (including phenoxy) is 1. The van der Waals surface area contributed by atoms with Gasteiger partial charge in [0.15, 0.2) is 11.6 Å². The van der Waals surface area contributed by atoms with E-state index >= 15 is 0 Å². The zero-order chi connectivity index (χ0) is 17.1. The molecule has 1 aliphatic heterocycles. The Hall–Kier alpha value is -2.76. The predicted molar refractivity (Wildman–Crippen MR) is 81.4 cm³/mol. The number of allylic oxidation sites excluding steroid dienone is 1. The molecular weight excluding hydrogens is 319 g/mol. The first kappa shape index (κ1) is 16.1. The van der Waals surface area contributed by atoms with Gasteiger partial charge in [-0.05, 0) is 17.2 Å². The summed E-state index contributed by atoms with van der Waals surface area (Å²) in [7, 11) is 0. The van der Waals surface area contributed by atoms with Crippen LogP contribution in [-0.2, 0) is 16.0 Å². The van der Waals surface area contributed by atoms with Gasteiger partial charge in [-0.1, -0.05) is 30.3 Å². The summed E-state index contributed by atoms with van der Waals surface area (Å²) in [5.41, 5.74) is 1.22. The van der Waals surface area contributed by atoms with E-state index in [1.165, 1.54) is 6.08 Å². The van der Waals surface area contributed by atoms with Gasteiger partial charge in [0.1, 0.15) is 12.4 Å². The van der Waals surface area contributed by atoms with E-state index in [2.05, 4.69) is 5.32 Å². The number of carbonyl (C=O) groups excluding carboxylic acids is 1. The number of esters is 1. The maximum absolute atomic E-state index is 13.8. The van der Waals surface area contributed by atoms with Crippen LogP contribution in [0.2, 0.25) is 0 Å². The second-order valence-electron chi connectivity index (χ2n) is 5.44. The summed E-state index contributed by atoms with van der Waals surface area (Å²) in [6.45, 7) is 0.114. The highest BCUT2D eigenvalue weighted by atomic mass is 19.2. The molecule has 0 aliphatic carbocycles. The van der Waals surface area contributed by atoms with Crippen LogP contribution in [0.15, 0.2) is 54.2 Å². The number of cyclic esters (lactones) is 1. The number of benzene rings is 2. The molecule has 6 heteroatoms. The topological polar surface area (TPSA) is 38.3 Å². The molecule has 0 saturated carbocycles. The smallest absolute Gasteiger partial charge is 0.332 e. The minimum Gasteiger partial charge on any atom is -0.460 e. The van der Waals surface area contributed by atoms with Crippen LogP contribution in [0.1, 0.15) is 17.2 Å². The molecule has 0 radical (unpaired) electrons. The second-order valence-corrected chi connectivity index (χ2v) is 5.44. The average molecular weight is 333 g/mol. The Kier molecular flexibility index (Phi) is 4.55. The SMILES string of the molecule is O=C1C=C(Cc2cc(F)c(F)cc2F)NC(c2ccccc2)CO1. The van der Waals surface area contributed by atoms with Crippen LogP contribution in [-0.4, -0.2) is 12.6 Å². The molecule has 2 aromatic rings. The molecule has 1 atom stereocenters. The van der Waals surface area contributed by atoms with Crippen molar-refractivity contribution in [3.8, 4) is 0 Å². The fourth-order valence-electron chi connectivity index (χ4n) is 2.53. The molecule has 2 aromatic carbocycles. The summed E-state index contributed by atoms with van der Waals surface area (Å²) in [6, 6.07) is 10.3. The zero-order valence-electron chi connectivity index (χ0n) is 12.6. The molecular formula is C18H14F3NO2. The summed E-state index contributed by atoms with van der Waals surface area (Å²) >= 11 is 0. The molecule has 0 saturated heterocycles. The molecule has 1 aliphatic rings. The van der Waals surface area contributed by atoms with E-state index in [0.29, 0.717) is 11.8 Å². The van der Waals surface area contributed by atoms with Crippen LogP contribution in [0.3, 0.4) is 0 Å². The quantitative estimate of drug-likeness (QED) is 0.691. The van der Waals surface area contributed by atoms with Crippen LogP contribution in [0.25, 0.3) is 0 Å². The number of rotatable bonds is 3. The normalized spacial score (nSPS) is 17.5. The van der Waals surface area contributed by atoms with Crippen molar-refractivity contribution in [1.82, 2.24) is 5.32 Å². The van der Waals surface area contributed by atoms with E-state index < -0.39 is 23.4 Å². The van der Waals surface area contributed by atoms with Crippen LogP contribution in [0.5, 0.6) is 0 Å². The van der Waals surface area contributed by atoms with E-state index in [9.17, 15) is 18.0 Å². The summed E-state index contributed by atoms with van der Waals surface area (Å²) in [6.07, 6.45) is 1.12. The van der Waals surface area contributed by atoms with Crippen molar-refractivity contribution in [2.75, 3.05) is 6.61 Å². The van der Waals surface area contributed by atoms with Gasteiger partial charge in [0.05, 0.1) is 6.04 Å². The third kappa shape index (κ3) is 3.59. The lowest BCUT2D eigenvalue weighted by molar-refractivity contribution is -0.138. The van der Waals surface area contributed by atoms with Crippen LogP contribution in [0, 0.1) is 17.5 Å². The highest BCUT2D eigenvalue weighted by Crippen LogP contribution is 2.21. The lowest BCUT2D eigenvalue weighted by atomic mass is 10.0. The molecule has 0 spiro atoms.